The van der Waals surface area contributed by atoms with Gasteiger partial charge in [-0.25, -0.2) is 9.78 Å². The van der Waals surface area contributed by atoms with Crippen LogP contribution in [0.4, 0.5) is 16.3 Å². The fourth-order valence-corrected chi connectivity index (χ4v) is 3.16. The third-order valence-electron chi connectivity index (χ3n) is 5.06. The Morgan fingerprint density at radius 1 is 1.19 bits per heavy atom. The van der Waals surface area contributed by atoms with Crippen molar-refractivity contribution >= 4 is 29.4 Å². The normalized spacial score (nSPS) is 15.7. The van der Waals surface area contributed by atoms with Crippen LogP contribution in [-0.4, -0.2) is 45.7 Å². The molecule has 158 valence electrons. The van der Waals surface area contributed by atoms with Crippen molar-refractivity contribution in [3.05, 3.63) is 76.1 Å². The number of anilines is 1. The number of benzene rings is 1. The number of carbonyl (C=O) groups is 3. The Labute approximate surface area is 177 Å². The van der Waals surface area contributed by atoms with Crippen molar-refractivity contribution in [2.75, 3.05) is 18.0 Å². The van der Waals surface area contributed by atoms with E-state index in [0.717, 1.165) is 22.6 Å². The van der Waals surface area contributed by atoms with Crippen LogP contribution in [0, 0.1) is 16.0 Å². The molecule has 10 heteroatoms. The number of para-hydroxylation sites is 1. The number of urea groups is 1. The molecule has 2 aliphatic rings. The predicted molar refractivity (Wildman–Crippen MR) is 110 cm³/mol. The number of pyridine rings is 1. The van der Waals surface area contributed by atoms with Crippen LogP contribution in [-0.2, 0) is 0 Å². The van der Waals surface area contributed by atoms with Crippen LogP contribution in [0.25, 0.3) is 0 Å². The summed E-state index contributed by atoms with van der Waals surface area (Å²) in [5, 5.41) is 14.1. The van der Waals surface area contributed by atoms with E-state index in [9.17, 15) is 24.5 Å². The molecule has 1 N–H and O–H groups in total. The molecule has 1 aliphatic heterocycles. The summed E-state index contributed by atoms with van der Waals surface area (Å²) in [4.78, 5) is 54.7. The molecule has 0 saturated heterocycles. The number of nitro benzene ring substituents is 1. The van der Waals surface area contributed by atoms with Gasteiger partial charge in [0.05, 0.1) is 17.0 Å². The van der Waals surface area contributed by atoms with Crippen LogP contribution in [0.5, 0.6) is 0 Å². The van der Waals surface area contributed by atoms with E-state index in [-0.39, 0.29) is 29.5 Å². The van der Waals surface area contributed by atoms with Gasteiger partial charge in [0.1, 0.15) is 11.4 Å². The Kier molecular flexibility index (Phi) is 5.44. The summed E-state index contributed by atoms with van der Waals surface area (Å²) in [6, 6.07) is 7.83. The largest absolute Gasteiger partial charge is 0.352 e. The fourth-order valence-electron chi connectivity index (χ4n) is 3.16. The monoisotopic (exact) mass is 421 g/mol. The summed E-state index contributed by atoms with van der Waals surface area (Å²) in [5.74, 6) is -0.237. The molecular weight excluding hydrogens is 402 g/mol. The Balaban J connectivity index is 1.50. The van der Waals surface area contributed by atoms with Crippen LogP contribution >= 0.6 is 0 Å². The first-order valence-corrected chi connectivity index (χ1v) is 9.75. The summed E-state index contributed by atoms with van der Waals surface area (Å²) in [6.07, 6.45) is 6.67. The molecular formula is C21H19N5O5. The van der Waals surface area contributed by atoms with E-state index in [1.165, 1.54) is 42.7 Å². The second-order valence-corrected chi connectivity index (χ2v) is 7.29. The number of amides is 4. The fraction of sp³-hybridized carbons (Fsp3) is 0.238. The van der Waals surface area contributed by atoms with Crippen LogP contribution in [0.3, 0.4) is 0 Å². The SMILES string of the molecule is O=C(NCC1CC1)c1ccc(N2C=CCN(C(=O)c3ccccc3[N+](=O)[O-])C2=O)nc1. The van der Waals surface area contributed by atoms with Crippen molar-refractivity contribution in [3.8, 4) is 0 Å². The van der Waals surface area contributed by atoms with E-state index in [0.29, 0.717) is 18.0 Å². The van der Waals surface area contributed by atoms with Crippen molar-refractivity contribution in [1.82, 2.24) is 15.2 Å². The highest BCUT2D eigenvalue weighted by molar-refractivity contribution is 6.11. The summed E-state index contributed by atoms with van der Waals surface area (Å²) in [6.45, 7) is 0.610. The van der Waals surface area contributed by atoms with Gasteiger partial charge in [0.15, 0.2) is 0 Å². The van der Waals surface area contributed by atoms with Crippen LogP contribution in [0.1, 0.15) is 33.6 Å². The number of hydrogen-bond acceptors (Lipinski definition) is 6. The van der Waals surface area contributed by atoms with Gasteiger partial charge in [-0.15, -0.1) is 0 Å². The Morgan fingerprint density at radius 2 is 1.97 bits per heavy atom. The number of rotatable bonds is 6. The number of nitrogens with zero attached hydrogens (tertiary/aromatic N) is 4. The molecule has 0 bridgehead atoms. The highest BCUT2D eigenvalue weighted by Crippen LogP contribution is 2.27. The maximum absolute atomic E-state index is 12.9. The lowest BCUT2D eigenvalue weighted by atomic mass is 10.1. The van der Waals surface area contributed by atoms with Crippen LogP contribution in [0.15, 0.2) is 54.9 Å². The first kappa shape index (κ1) is 20.2. The molecule has 4 rings (SSSR count). The molecule has 4 amide bonds. The molecule has 0 atom stereocenters. The van der Waals surface area contributed by atoms with Crippen molar-refractivity contribution in [3.63, 3.8) is 0 Å². The highest BCUT2D eigenvalue weighted by atomic mass is 16.6. The van der Waals surface area contributed by atoms with E-state index in [1.807, 2.05) is 0 Å². The second-order valence-electron chi connectivity index (χ2n) is 7.29. The molecule has 0 unspecified atom stereocenters. The smallest absolute Gasteiger partial charge is 0.337 e. The van der Waals surface area contributed by atoms with E-state index >= 15 is 0 Å². The number of aromatic nitrogens is 1. The molecule has 0 spiro atoms. The number of hydrogen-bond donors (Lipinski definition) is 1. The van der Waals surface area contributed by atoms with Crippen LogP contribution in [0.2, 0.25) is 0 Å². The minimum Gasteiger partial charge on any atom is -0.352 e. The average molecular weight is 421 g/mol. The van der Waals surface area contributed by atoms with E-state index in [4.69, 9.17) is 0 Å². The number of carbonyl (C=O) groups excluding carboxylic acids is 3. The van der Waals surface area contributed by atoms with Gasteiger partial charge in [-0.1, -0.05) is 12.1 Å². The van der Waals surface area contributed by atoms with Gasteiger partial charge in [0.2, 0.25) is 0 Å². The van der Waals surface area contributed by atoms with E-state index in [1.54, 1.807) is 12.1 Å². The predicted octanol–water partition coefficient (Wildman–Crippen LogP) is 2.73. The molecule has 2 aromatic rings. The summed E-state index contributed by atoms with van der Waals surface area (Å²) in [7, 11) is 0. The maximum Gasteiger partial charge on any atom is 0.337 e. The average Bonchev–Trinajstić information content (AvgIpc) is 3.62. The zero-order valence-corrected chi connectivity index (χ0v) is 16.4. The van der Waals surface area contributed by atoms with E-state index < -0.39 is 16.9 Å². The van der Waals surface area contributed by atoms with Crippen molar-refractivity contribution in [1.29, 1.82) is 0 Å². The van der Waals surface area contributed by atoms with Gasteiger partial charge in [-0.3, -0.25) is 29.5 Å². The molecule has 2 heterocycles. The Bertz CT molecular complexity index is 1080. The van der Waals surface area contributed by atoms with Crippen molar-refractivity contribution in [2.45, 2.75) is 12.8 Å². The molecule has 1 saturated carbocycles. The maximum atomic E-state index is 12.9. The van der Waals surface area contributed by atoms with E-state index in [2.05, 4.69) is 10.3 Å². The van der Waals surface area contributed by atoms with Gasteiger partial charge in [0.25, 0.3) is 17.5 Å². The lowest BCUT2D eigenvalue weighted by Crippen LogP contribution is -2.47. The molecule has 1 aromatic heterocycles. The minimum absolute atomic E-state index is 0.0259. The quantitative estimate of drug-likeness (QED) is 0.565. The second kappa shape index (κ2) is 8.34. The zero-order valence-electron chi connectivity index (χ0n) is 16.4. The zero-order chi connectivity index (χ0) is 22.0. The topological polar surface area (TPSA) is 126 Å². The van der Waals surface area contributed by atoms with Crippen molar-refractivity contribution < 1.29 is 19.3 Å². The summed E-state index contributed by atoms with van der Waals surface area (Å²) < 4.78 is 0. The molecule has 10 nitrogen and oxygen atoms in total. The Morgan fingerprint density at radius 3 is 2.65 bits per heavy atom. The standard InChI is InChI=1S/C21H19N5O5/c27-19(23-12-14-6-7-14)15-8-9-18(22-13-15)24-10-3-11-25(21(24)29)20(28)16-4-1-2-5-17(16)26(30)31/h1-5,8-10,13-14H,6-7,11-12H2,(H,23,27). The molecule has 1 aromatic carbocycles. The van der Waals surface area contributed by atoms with Gasteiger partial charge in [-0.2, -0.15) is 0 Å². The lowest BCUT2D eigenvalue weighted by molar-refractivity contribution is -0.385. The first-order chi connectivity index (χ1) is 15.0. The summed E-state index contributed by atoms with van der Waals surface area (Å²) in [5.41, 5.74) is -0.182. The Hall–Kier alpha value is -4.08. The minimum atomic E-state index is -0.775. The molecule has 1 aliphatic carbocycles. The number of nitrogens with one attached hydrogen (secondary N) is 1. The van der Waals surface area contributed by atoms with Gasteiger partial charge in [0, 0.05) is 25.0 Å². The number of imide groups is 1. The summed E-state index contributed by atoms with van der Waals surface area (Å²) >= 11 is 0. The lowest BCUT2D eigenvalue weighted by Gasteiger charge is -2.29. The van der Waals surface area contributed by atoms with Gasteiger partial charge in [-0.05, 0) is 43.0 Å². The highest BCUT2D eigenvalue weighted by Gasteiger charge is 2.33. The van der Waals surface area contributed by atoms with Crippen molar-refractivity contribution in [2.24, 2.45) is 5.92 Å². The van der Waals surface area contributed by atoms with Crippen LogP contribution < -0.4 is 10.2 Å². The van der Waals surface area contributed by atoms with Gasteiger partial charge >= 0.3 is 6.03 Å². The molecule has 0 radical (unpaired) electrons. The van der Waals surface area contributed by atoms with Gasteiger partial charge < -0.3 is 5.32 Å². The first-order valence-electron chi connectivity index (χ1n) is 9.75. The molecule has 1 fully saturated rings. The third-order valence-corrected chi connectivity index (χ3v) is 5.06. The third kappa shape index (κ3) is 4.27. The molecule has 31 heavy (non-hydrogen) atoms. The number of nitro groups is 1.